The van der Waals surface area contributed by atoms with E-state index >= 15 is 0 Å². The molecule has 0 spiro atoms. The molecule has 1 aromatic rings. The first kappa shape index (κ1) is 15.7. The van der Waals surface area contributed by atoms with Crippen LogP contribution < -0.4 is 11.1 Å². The predicted octanol–water partition coefficient (Wildman–Crippen LogP) is 1.99. The van der Waals surface area contributed by atoms with E-state index in [0.717, 1.165) is 24.6 Å². The fourth-order valence-electron chi connectivity index (χ4n) is 1.38. The van der Waals surface area contributed by atoms with Gasteiger partial charge in [-0.25, -0.2) is 4.79 Å². The van der Waals surface area contributed by atoms with Crippen molar-refractivity contribution in [2.24, 2.45) is 5.92 Å². The number of nitrogens with one attached hydrogen (secondary N) is 1. The van der Waals surface area contributed by atoms with E-state index < -0.39 is 5.97 Å². The number of ether oxygens (including phenoxy) is 2. The lowest BCUT2D eigenvalue weighted by molar-refractivity contribution is 0.0603. The first-order chi connectivity index (χ1) is 9.06. The molecule has 108 valence electrons. The molecule has 0 aliphatic heterocycles. The van der Waals surface area contributed by atoms with E-state index in [9.17, 15) is 4.79 Å². The highest BCUT2D eigenvalue weighted by Gasteiger charge is 2.19. The van der Waals surface area contributed by atoms with Gasteiger partial charge >= 0.3 is 5.97 Å². The quantitative estimate of drug-likeness (QED) is 0.561. The lowest BCUT2D eigenvalue weighted by Crippen LogP contribution is -2.13. The number of carbonyl (C=O) groups is 1. The molecule has 0 saturated heterocycles. The zero-order chi connectivity index (χ0) is 14.3. The van der Waals surface area contributed by atoms with E-state index in [-0.39, 0.29) is 5.82 Å². The second-order valence-corrected chi connectivity index (χ2v) is 5.26. The maximum Gasteiger partial charge on any atom is 0.344 e. The molecule has 0 atom stereocenters. The van der Waals surface area contributed by atoms with Crippen molar-refractivity contribution in [2.75, 3.05) is 37.9 Å². The first-order valence-electron chi connectivity index (χ1n) is 6.21. The average molecular weight is 287 g/mol. The van der Waals surface area contributed by atoms with Crippen LogP contribution in [0.2, 0.25) is 0 Å². The van der Waals surface area contributed by atoms with Gasteiger partial charge in [-0.3, -0.25) is 0 Å². The molecular formula is C12H21N3O3S. The number of aromatic nitrogens is 1. The molecule has 0 saturated carbocycles. The molecule has 0 aromatic carbocycles. The Balaban J connectivity index is 2.35. The summed E-state index contributed by atoms with van der Waals surface area (Å²) >= 11 is 1.15. The SMILES string of the molecule is COC(=O)c1c(N)nsc1NCCOCCC(C)C. The smallest absolute Gasteiger partial charge is 0.344 e. The van der Waals surface area contributed by atoms with Crippen molar-refractivity contribution in [3.63, 3.8) is 0 Å². The normalized spacial score (nSPS) is 10.7. The van der Waals surface area contributed by atoms with Crippen molar-refractivity contribution in [1.82, 2.24) is 4.37 Å². The molecule has 1 heterocycles. The summed E-state index contributed by atoms with van der Waals surface area (Å²) < 4.78 is 14.1. The van der Waals surface area contributed by atoms with Gasteiger partial charge in [-0.1, -0.05) is 13.8 Å². The highest BCUT2D eigenvalue weighted by Crippen LogP contribution is 2.27. The molecular weight excluding hydrogens is 266 g/mol. The van der Waals surface area contributed by atoms with Crippen LogP contribution in [-0.4, -0.2) is 37.2 Å². The summed E-state index contributed by atoms with van der Waals surface area (Å²) in [5.41, 5.74) is 5.93. The van der Waals surface area contributed by atoms with Crippen molar-refractivity contribution in [2.45, 2.75) is 20.3 Å². The van der Waals surface area contributed by atoms with Crippen molar-refractivity contribution < 1.29 is 14.3 Å². The summed E-state index contributed by atoms with van der Waals surface area (Å²) in [6, 6.07) is 0. The van der Waals surface area contributed by atoms with Crippen molar-refractivity contribution in [3.8, 4) is 0 Å². The van der Waals surface area contributed by atoms with Crippen molar-refractivity contribution >= 4 is 28.3 Å². The largest absolute Gasteiger partial charge is 0.465 e. The predicted molar refractivity (Wildman–Crippen MR) is 76.6 cm³/mol. The van der Waals surface area contributed by atoms with Gasteiger partial charge in [-0.05, 0) is 23.9 Å². The summed E-state index contributed by atoms with van der Waals surface area (Å²) in [4.78, 5) is 11.5. The molecule has 1 aromatic heterocycles. The molecule has 0 aliphatic rings. The number of esters is 1. The third kappa shape index (κ3) is 5.04. The Morgan fingerprint density at radius 2 is 2.21 bits per heavy atom. The van der Waals surface area contributed by atoms with E-state index in [1.165, 1.54) is 7.11 Å². The molecule has 7 heteroatoms. The van der Waals surface area contributed by atoms with E-state index in [0.29, 0.717) is 29.6 Å². The van der Waals surface area contributed by atoms with Crippen molar-refractivity contribution in [3.05, 3.63) is 5.56 Å². The number of hydrogen-bond acceptors (Lipinski definition) is 7. The zero-order valence-electron chi connectivity index (χ0n) is 11.6. The summed E-state index contributed by atoms with van der Waals surface area (Å²) in [6.07, 6.45) is 1.04. The minimum absolute atomic E-state index is 0.195. The Morgan fingerprint density at radius 1 is 1.47 bits per heavy atom. The van der Waals surface area contributed by atoms with Gasteiger partial charge in [0.15, 0.2) is 5.82 Å². The number of nitrogen functional groups attached to an aromatic ring is 1. The third-order valence-electron chi connectivity index (χ3n) is 2.48. The Hall–Kier alpha value is -1.34. The highest BCUT2D eigenvalue weighted by atomic mass is 32.1. The Morgan fingerprint density at radius 3 is 2.84 bits per heavy atom. The van der Waals surface area contributed by atoms with Crippen LogP contribution in [0, 0.1) is 5.92 Å². The minimum atomic E-state index is -0.477. The van der Waals surface area contributed by atoms with Gasteiger partial charge in [-0.15, -0.1) is 0 Å². The molecule has 19 heavy (non-hydrogen) atoms. The number of hydrogen-bond donors (Lipinski definition) is 2. The standard InChI is InChI=1S/C12H21N3O3S/c1-8(2)4-6-18-7-5-14-11-9(12(16)17-3)10(13)15-19-11/h8,14H,4-7H2,1-3H3,(H2,13,15). The second kappa shape index (κ2) is 7.96. The molecule has 1 rings (SSSR count). The van der Waals surface area contributed by atoms with Gasteiger partial charge in [-0.2, -0.15) is 4.37 Å². The minimum Gasteiger partial charge on any atom is -0.465 e. The Labute approximate surface area is 117 Å². The number of rotatable bonds is 8. The summed E-state index contributed by atoms with van der Waals surface area (Å²) in [5, 5.41) is 3.71. The molecule has 0 amide bonds. The maximum absolute atomic E-state index is 11.5. The molecule has 0 unspecified atom stereocenters. The van der Waals surface area contributed by atoms with E-state index in [4.69, 9.17) is 10.5 Å². The van der Waals surface area contributed by atoms with Crippen LogP contribution in [-0.2, 0) is 9.47 Å². The van der Waals surface area contributed by atoms with Gasteiger partial charge in [0, 0.05) is 13.2 Å². The number of methoxy groups -OCH3 is 1. The van der Waals surface area contributed by atoms with E-state index in [2.05, 4.69) is 28.3 Å². The molecule has 0 aliphatic carbocycles. The molecule has 0 fully saturated rings. The monoisotopic (exact) mass is 287 g/mol. The zero-order valence-corrected chi connectivity index (χ0v) is 12.4. The Bertz CT molecular complexity index is 407. The van der Waals surface area contributed by atoms with Gasteiger partial charge in [0.25, 0.3) is 0 Å². The van der Waals surface area contributed by atoms with E-state index in [1.54, 1.807) is 0 Å². The number of nitrogens with two attached hydrogens (primary N) is 1. The summed E-state index contributed by atoms with van der Waals surface area (Å²) in [6.45, 7) is 6.23. The highest BCUT2D eigenvalue weighted by molar-refractivity contribution is 7.11. The maximum atomic E-state index is 11.5. The Kier molecular flexibility index (Phi) is 6.58. The third-order valence-corrected chi connectivity index (χ3v) is 3.30. The lowest BCUT2D eigenvalue weighted by Gasteiger charge is -2.08. The molecule has 3 N–H and O–H groups in total. The number of anilines is 2. The summed E-state index contributed by atoms with van der Waals surface area (Å²) in [5.74, 6) is 0.356. The van der Waals surface area contributed by atoms with Crippen LogP contribution in [0.3, 0.4) is 0 Å². The second-order valence-electron chi connectivity index (χ2n) is 4.49. The van der Waals surface area contributed by atoms with Crippen LogP contribution in [0.5, 0.6) is 0 Å². The van der Waals surface area contributed by atoms with Crippen LogP contribution in [0.1, 0.15) is 30.6 Å². The van der Waals surface area contributed by atoms with Gasteiger partial charge < -0.3 is 20.5 Å². The topological polar surface area (TPSA) is 86.5 Å². The fourth-order valence-corrected chi connectivity index (χ4v) is 2.11. The van der Waals surface area contributed by atoms with Crippen LogP contribution in [0.25, 0.3) is 0 Å². The van der Waals surface area contributed by atoms with Crippen LogP contribution in [0.4, 0.5) is 10.8 Å². The van der Waals surface area contributed by atoms with Crippen LogP contribution in [0.15, 0.2) is 0 Å². The first-order valence-corrected chi connectivity index (χ1v) is 6.98. The molecule has 6 nitrogen and oxygen atoms in total. The van der Waals surface area contributed by atoms with Crippen LogP contribution >= 0.6 is 11.5 Å². The van der Waals surface area contributed by atoms with Gasteiger partial charge in [0.1, 0.15) is 10.6 Å². The summed E-state index contributed by atoms with van der Waals surface area (Å²) in [7, 11) is 1.32. The van der Waals surface area contributed by atoms with Crippen molar-refractivity contribution in [1.29, 1.82) is 0 Å². The fraction of sp³-hybridized carbons (Fsp3) is 0.667. The average Bonchev–Trinajstić information content (AvgIpc) is 2.73. The molecule has 0 bridgehead atoms. The van der Waals surface area contributed by atoms with Gasteiger partial charge in [0.05, 0.1) is 13.7 Å². The molecule has 0 radical (unpaired) electrons. The van der Waals surface area contributed by atoms with Gasteiger partial charge in [0.2, 0.25) is 0 Å². The van der Waals surface area contributed by atoms with E-state index in [1.807, 2.05) is 0 Å². The number of nitrogens with zero attached hydrogens (tertiary/aromatic N) is 1. The lowest BCUT2D eigenvalue weighted by atomic mass is 10.1. The number of carbonyl (C=O) groups excluding carboxylic acids is 1.